The van der Waals surface area contributed by atoms with Crippen LogP contribution in [0.4, 0.5) is 5.69 Å². The van der Waals surface area contributed by atoms with E-state index in [2.05, 4.69) is 0 Å². The average molecular weight is 305 g/mol. The molecule has 4 nitrogen and oxygen atoms in total. The Morgan fingerprint density at radius 1 is 0.826 bits per heavy atom. The fourth-order valence-corrected chi connectivity index (χ4v) is 2.33. The van der Waals surface area contributed by atoms with Crippen LogP contribution in [0.25, 0.3) is 10.8 Å². The van der Waals surface area contributed by atoms with Crippen LogP contribution in [0.1, 0.15) is 20.7 Å². The third-order valence-electron chi connectivity index (χ3n) is 3.53. The number of benzene rings is 3. The van der Waals surface area contributed by atoms with Crippen molar-refractivity contribution in [2.75, 3.05) is 12.3 Å². The topological polar surface area (TPSA) is 69.4 Å². The van der Waals surface area contributed by atoms with Gasteiger partial charge in [-0.2, -0.15) is 0 Å². The Hall–Kier alpha value is -3.14. The van der Waals surface area contributed by atoms with Gasteiger partial charge in [0.15, 0.2) is 12.4 Å². The highest BCUT2D eigenvalue weighted by Gasteiger charge is 2.12. The molecule has 0 spiro atoms. The summed E-state index contributed by atoms with van der Waals surface area (Å²) in [4.78, 5) is 24.1. The standard InChI is InChI=1S/C19H15NO3/c20-17-7-3-6-16(11-17)19(22)23-12-18(21)15-9-8-13-4-1-2-5-14(13)10-15/h1-11H,12,20H2. The second-order valence-electron chi connectivity index (χ2n) is 5.19. The van der Waals surface area contributed by atoms with Crippen molar-refractivity contribution in [2.24, 2.45) is 0 Å². The molecule has 3 rings (SSSR count). The highest BCUT2D eigenvalue weighted by molar-refractivity contribution is 6.02. The second-order valence-corrected chi connectivity index (χ2v) is 5.19. The molecule has 0 radical (unpaired) electrons. The van der Waals surface area contributed by atoms with Gasteiger partial charge in [-0.05, 0) is 35.0 Å². The molecule has 0 aromatic heterocycles. The molecular weight excluding hydrogens is 290 g/mol. The second kappa shape index (κ2) is 6.32. The lowest BCUT2D eigenvalue weighted by atomic mass is 10.0. The molecule has 0 fully saturated rings. The first kappa shape index (κ1) is 14.8. The Balaban J connectivity index is 1.69. The fourth-order valence-electron chi connectivity index (χ4n) is 2.33. The van der Waals surface area contributed by atoms with Crippen LogP contribution in [0, 0.1) is 0 Å². The van der Waals surface area contributed by atoms with Gasteiger partial charge in [0.25, 0.3) is 0 Å². The quantitative estimate of drug-likeness (QED) is 0.455. The van der Waals surface area contributed by atoms with Crippen LogP contribution < -0.4 is 5.73 Å². The van der Waals surface area contributed by atoms with E-state index in [1.165, 1.54) is 6.07 Å². The number of ether oxygens (including phenoxy) is 1. The molecule has 0 aliphatic heterocycles. The molecule has 0 saturated carbocycles. The van der Waals surface area contributed by atoms with Gasteiger partial charge in [0.05, 0.1) is 5.56 Å². The summed E-state index contributed by atoms with van der Waals surface area (Å²) in [6, 6.07) is 19.6. The van der Waals surface area contributed by atoms with Crippen LogP contribution in [0.15, 0.2) is 66.7 Å². The Labute approximate surface area is 133 Å². The summed E-state index contributed by atoms with van der Waals surface area (Å²) in [7, 11) is 0. The smallest absolute Gasteiger partial charge is 0.338 e. The van der Waals surface area contributed by atoms with E-state index in [9.17, 15) is 9.59 Å². The van der Waals surface area contributed by atoms with Crippen molar-refractivity contribution in [3.05, 3.63) is 77.9 Å². The predicted molar refractivity (Wildman–Crippen MR) is 89.4 cm³/mol. The van der Waals surface area contributed by atoms with E-state index in [1.807, 2.05) is 30.3 Å². The van der Waals surface area contributed by atoms with Crippen molar-refractivity contribution < 1.29 is 14.3 Å². The Morgan fingerprint density at radius 3 is 2.39 bits per heavy atom. The number of hydrogen-bond acceptors (Lipinski definition) is 4. The first-order valence-corrected chi connectivity index (χ1v) is 7.18. The summed E-state index contributed by atoms with van der Waals surface area (Å²) >= 11 is 0. The summed E-state index contributed by atoms with van der Waals surface area (Å²) in [5, 5.41) is 2.03. The zero-order valence-electron chi connectivity index (χ0n) is 12.4. The number of nitrogens with two attached hydrogens (primary N) is 1. The molecule has 3 aromatic rings. The average Bonchev–Trinajstić information content (AvgIpc) is 2.59. The van der Waals surface area contributed by atoms with Gasteiger partial charge in [-0.1, -0.05) is 42.5 Å². The van der Waals surface area contributed by atoms with Gasteiger partial charge in [0, 0.05) is 11.3 Å². The normalized spacial score (nSPS) is 10.4. The zero-order valence-corrected chi connectivity index (χ0v) is 12.4. The molecule has 3 aromatic carbocycles. The molecule has 0 saturated heterocycles. The molecule has 2 N–H and O–H groups in total. The van der Waals surface area contributed by atoms with Crippen molar-refractivity contribution in [3.63, 3.8) is 0 Å². The van der Waals surface area contributed by atoms with E-state index in [1.54, 1.807) is 30.3 Å². The van der Waals surface area contributed by atoms with Crippen LogP contribution in [-0.2, 0) is 4.74 Å². The number of fused-ring (bicyclic) bond motifs is 1. The number of ketones is 1. The Kier molecular flexibility index (Phi) is 4.06. The highest BCUT2D eigenvalue weighted by Crippen LogP contribution is 2.16. The lowest BCUT2D eigenvalue weighted by Crippen LogP contribution is -2.14. The third kappa shape index (κ3) is 3.37. The summed E-state index contributed by atoms with van der Waals surface area (Å²) < 4.78 is 5.07. The summed E-state index contributed by atoms with van der Waals surface area (Å²) in [5.74, 6) is -0.806. The summed E-state index contributed by atoms with van der Waals surface area (Å²) in [6.45, 7) is -0.300. The van der Waals surface area contributed by atoms with E-state index >= 15 is 0 Å². The van der Waals surface area contributed by atoms with E-state index < -0.39 is 5.97 Å². The van der Waals surface area contributed by atoms with Crippen molar-refractivity contribution in [1.82, 2.24) is 0 Å². The monoisotopic (exact) mass is 305 g/mol. The predicted octanol–water partition coefficient (Wildman–Crippen LogP) is 3.46. The summed E-state index contributed by atoms with van der Waals surface area (Å²) in [6.07, 6.45) is 0. The van der Waals surface area contributed by atoms with E-state index in [4.69, 9.17) is 10.5 Å². The third-order valence-corrected chi connectivity index (χ3v) is 3.53. The number of esters is 1. The van der Waals surface area contributed by atoms with Gasteiger partial charge >= 0.3 is 5.97 Å². The number of carbonyl (C=O) groups is 2. The van der Waals surface area contributed by atoms with Gasteiger partial charge in [-0.25, -0.2) is 4.79 Å². The molecule has 0 aliphatic rings. The molecule has 0 bridgehead atoms. The van der Waals surface area contributed by atoms with Gasteiger partial charge in [-0.3, -0.25) is 4.79 Å². The highest BCUT2D eigenvalue weighted by atomic mass is 16.5. The van der Waals surface area contributed by atoms with Crippen molar-refractivity contribution in [3.8, 4) is 0 Å². The maximum Gasteiger partial charge on any atom is 0.338 e. The number of Topliss-reactive ketones (excluding diaryl/α,β-unsaturated/α-hetero) is 1. The first-order chi connectivity index (χ1) is 11.1. The Morgan fingerprint density at radius 2 is 1.61 bits per heavy atom. The molecule has 0 aliphatic carbocycles. The van der Waals surface area contributed by atoms with Crippen molar-refractivity contribution in [1.29, 1.82) is 0 Å². The maximum atomic E-state index is 12.2. The van der Waals surface area contributed by atoms with Crippen LogP contribution in [-0.4, -0.2) is 18.4 Å². The van der Waals surface area contributed by atoms with Crippen LogP contribution in [0.3, 0.4) is 0 Å². The van der Waals surface area contributed by atoms with Gasteiger partial charge in [0.1, 0.15) is 0 Å². The molecule has 114 valence electrons. The van der Waals surface area contributed by atoms with E-state index in [0.29, 0.717) is 16.8 Å². The van der Waals surface area contributed by atoms with Gasteiger partial charge in [0.2, 0.25) is 0 Å². The fraction of sp³-hybridized carbons (Fsp3) is 0.0526. The minimum Gasteiger partial charge on any atom is -0.454 e. The summed E-state index contributed by atoms with van der Waals surface area (Å²) in [5.41, 5.74) is 6.94. The SMILES string of the molecule is Nc1cccc(C(=O)OCC(=O)c2ccc3ccccc3c2)c1. The first-order valence-electron chi connectivity index (χ1n) is 7.18. The number of hydrogen-bond donors (Lipinski definition) is 1. The minimum absolute atomic E-state index is 0.243. The minimum atomic E-state index is -0.563. The molecule has 4 heteroatoms. The van der Waals surface area contributed by atoms with Gasteiger partial charge < -0.3 is 10.5 Å². The maximum absolute atomic E-state index is 12.2. The van der Waals surface area contributed by atoms with Crippen LogP contribution >= 0.6 is 0 Å². The van der Waals surface area contributed by atoms with Gasteiger partial charge in [-0.15, -0.1) is 0 Å². The zero-order chi connectivity index (χ0) is 16.2. The van der Waals surface area contributed by atoms with Crippen LogP contribution in [0.5, 0.6) is 0 Å². The molecule has 0 unspecified atom stereocenters. The van der Waals surface area contributed by atoms with Crippen LogP contribution in [0.2, 0.25) is 0 Å². The number of anilines is 1. The Bertz CT molecular complexity index is 886. The lowest BCUT2D eigenvalue weighted by Gasteiger charge is -2.06. The molecule has 0 heterocycles. The molecular formula is C19H15NO3. The molecule has 0 atom stereocenters. The number of carbonyl (C=O) groups excluding carboxylic acids is 2. The van der Waals surface area contributed by atoms with Crippen molar-refractivity contribution >= 4 is 28.2 Å². The molecule has 0 amide bonds. The van der Waals surface area contributed by atoms with E-state index in [-0.39, 0.29) is 12.4 Å². The van der Waals surface area contributed by atoms with Crippen molar-refractivity contribution in [2.45, 2.75) is 0 Å². The largest absolute Gasteiger partial charge is 0.454 e. The lowest BCUT2D eigenvalue weighted by molar-refractivity contribution is 0.0475. The number of rotatable bonds is 4. The molecule has 23 heavy (non-hydrogen) atoms. The van der Waals surface area contributed by atoms with E-state index in [0.717, 1.165) is 10.8 Å². The number of nitrogen functional groups attached to an aromatic ring is 1.